The predicted molar refractivity (Wildman–Crippen MR) is 114 cm³/mol. The highest BCUT2D eigenvalue weighted by Crippen LogP contribution is 2.55. The number of para-hydroxylation sites is 1. The molecule has 5 rings (SSSR count). The number of hydrogen-bond donors (Lipinski definition) is 0. The molecule has 30 heavy (non-hydrogen) atoms. The number of benzene rings is 1. The molecule has 4 aliphatic rings. The topological polar surface area (TPSA) is 48.0 Å². The summed E-state index contributed by atoms with van der Waals surface area (Å²) in [4.78, 5) is 14.9. The number of fused-ring (bicyclic) bond motifs is 3. The number of carbonyl (C=O) groups excluding carboxylic acids is 1. The van der Waals surface area contributed by atoms with Crippen LogP contribution in [0.15, 0.2) is 24.3 Å². The zero-order valence-electron chi connectivity index (χ0n) is 18.4. The van der Waals surface area contributed by atoms with E-state index in [1.165, 1.54) is 5.56 Å². The zero-order chi connectivity index (χ0) is 20.8. The lowest BCUT2D eigenvalue weighted by molar-refractivity contribution is -0.176. The van der Waals surface area contributed by atoms with Crippen LogP contribution in [0.3, 0.4) is 0 Å². The van der Waals surface area contributed by atoms with Gasteiger partial charge in [-0.1, -0.05) is 18.2 Å². The van der Waals surface area contributed by atoms with E-state index in [4.69, 9.17) is 14.2 Å². The fourth-order valence-corrected chi connectivity index (χ4v) is 6.01. The minimum atomic E-state index is -0.248. The van der Waals surface area contributed by atoms with Gasteiger partial charge in [0.15, 0.2) is 0 Å². The van der Waals surface area contributed by atoms with E-state index in [0.29, 0.717) is 24.2 Å². The van der Waals surface area contributed by atoms with Gasteiger partial charge >= 0.3 is 0 Å². The maximum absolute atomic E-state index is 12.8. The third-order valence-corrected chi connectivity index (χ3v) is 8.06. The SMILES string of the molecule is CC1(C)Oc2ccccc2[C@H]2OCC3(CCN(C(=O)CC4CCOCC4)CC3)C[C@@H]21. The van der Waals surface area contributed by atoms with Gasteiger partial charge in [0.2, 0.25) is 5.91 Å². The monoisotopic (exact) mass is 413 g/mol. The Balaban J connectivity index is 1.23. The Morgan fingerprint density at radius 2 is 1.87 bits per heavy atom. The number of hydrogen-bond acceptors (Lipinski definition) is 4. The molecule has 0 bridgehead atoms. The van der Waals surface area contributed by atoms with E-state index < -0.39 is 0 Å². The lowest BCUT2D eigenvalue weighted by atomic mass is 9.64. The molecule has 0 aromatic heterocycles. The van der Waals surface area contributed by atoms with Crippen LogP contribution in [0.2, 0.25) is 0 Å². The number of likely N-dealkylation sites (tertiary alicyclic amines) is 1. The second kappa shape index (κ2) is 7.83. The molecule has 4 aliphatic heterocycles. The van der Waals surface area contributed by atoms with Gasteiger partial charge in [0.25, 0.3) is 0 Å². The molecule has 0 N–H and O–H groups in total. The first-order chi connectivity index (χ1) is 14.5. The third-order valence-electron chi connectivity index (χ3n) is 8.06. The van der Waals surface area contributed by atoms with Crippen LogP contribution in [0.5, 0.6) is 5.75 Å². The average Bonchev–Trinajstić information content (AvgIpc) is 2.75. The Morgan fingerprint density at radius 3 is 2.63 bits per heavy atom. The first-order valence-electron chi connectivity index (χ1n) is 11.7. The van der Waals surface area contributed by atoms with E-state index in [0.717, 1.165) is 70.8 Å². The second-order valence-electron chi connectivity index (χ2n) is 10.4. The second-order valence-corrected chi connectivity index (χ2v) is 10.4. The molecule has 2 atom stereocenters. The molecular formula is C25H35NO4. The van der Waals surface area contributed by atoms with Crippen LogP contribution in [0.4, 0.5) is 0 Å². The van der Waals surface area contributed by atoms with Gasteiger partial charge in [-0.3, -0.25) is 4.79 Å². The van der Waals surface area contributed by atoms with Gasteiger partial charge in [0.05, 0.1) is 12.7 Å². The summed E-state index contributed by atoms with van der Waals surface area (Å²) in [6, 6.07) is 8.32. The molecule has 0 aliphatic carbocycles. The Hall–Kier alpha value is -1.59. The average molecular weight is 414 g/mol. The molecule has 5 heteroatoms. The van der Waals surface area contributed by atoms with Gasteiger partial charge in [-0.15, -0.1) is 0 Å². The quantitative estimate of drug-likeness (QED) is 0.723. The Bertz CT molecular complexity index is 777. The first-order valence-corrected chi connectivity index (χ1v) is 11.7. The molecule has 0 unspecified atom stereocenters. The number of ether oxygens (including phenoxy) is 3. The van der Waals surface area contributed by atoms with Crippen LogP contribution in [0.25, 0.3) is 0 Å². The van der Waals surface area contributed by atoms with Gasteiger partial charge in [-0.25, -0.2) is 0 Å². The summed E-state index contributed by atoms with van der Waals surface area (Å²) in [7, 11) is 0. The van der Waals surface area contributed by atoms with Crippen LogP contribution in [-0.4, -0.2) is 49.3 Å². The zero-order valence-corrected chi connectivity index (χ0v) is 18.4. The van der Waals surface area contributed by atoms with Gasteiger partial charge in [-0.2, -0.15) is 0 Å². The highest BCUT2D eigenvalue weighted by atomic mass is 16.5. The summed E-state index contributed by atoms with van der Waals surface area (Å²) in [6.45, 7) is 8.54. The van der Waals surface area contributed by atoms with Crippen molar-refractivity contribution < 1.29 is 19.0 Å². The number of amides is 1. The lowest BCUT2D eigenvalue weighted by Crippen LogP contribution is -2.54. The standard InChI is InChI=1S/C25H35NO4/c1-24(2)20-16-25(17-29-23(20)19-5-3-4-6-21(19)30-24)9-11-26(12-10-25)22(27)15-18-7-13-28-14-8-18/h3-6,18,20,23H,7-17H2,1-2H3/t20-,23+/m0/s1. The smallest absolute Gasteiger partial charge is 0.222 e. The maximum Gasteiger partial charge on any atom is 0.222 e. The number of carbonyl (C=O) groups is 1. The van der Waals surface area contributed by atoms with Gasteiger partial charge in [0.1, 0.15) is 11.4 Å². The summed E-state index contributed by atoms with van der Waals surface area (Å²) in [6.07, 6.45) is 6.04. The van der Waals surface area contributed by atoms with E-state index in [9.17, 15) is 4.79 Å². The fraction of sp³-hybridized carbons (Fsp3) is 0.720. The van der Waals surface area contributed by atoms with Crippen molar-refractivity contribution in [3.05, 3.63) is 29.8 Å². The summed E-state index contributed by atoms with van der Waals surface area (Å²) >= 11 is 0. The van der Waals surface area contributed by atoms with Crippen molar-refractivity contribution >= 4 is 5.91 Å². The molecular weight excluding hydrogens is 378 g/mol. The van der Waals surface area contributed by atoms with Crippen molar-refractivity contribution in [1.29, 1.82) is 0 Å². The minimum Gasteiger partial charge on any atom is -0.487 e. The van der Waals surface area contributed by atoms with Crippen molar-refractivity contribution in [2.24, 2.45) is 17.3 Å². The molecule has 0 saturated carbocycles. The third kappa shape index (κ3) is 3.75. The number of nitrogens with zero attached hydrogens (tertiary/aromatic N) is 1. The van der Waals surface area contributed by atoms with Crippen LogP contribution in [0.1, 0.15) is 64.0 Å². The fourth-order valence-electron chi connectivity index (χ4n) is 6.01. The normalized spacial score (nSPS) is 30.3. The molecule has 4 heterocycles. The lowest BCUT2D eigenvalue weighted by Gasteiger charge is -2.54. The molecule has 5 nitrogen and oxygen atoms in total. The van der Waals surface area contributed by atoms with E-state index in [2.05, 4.69) is 36.9 Å². The number of piperidine rings is 1. The molecule has 3 saturated heterocycles. The van der Waals surface area contributed by atoms with E-state index in [-0.39, 0.29) is 17.1 Å². The summed E-state index contributed by atoms with van der Waals surface area (Å²) in [5.41, 5.74) is 1.12. The molecule has 1 aromatic carbocycles. The van der Waals surface area contributed by atoms with Gasteiger partial charge in [0, 0.05) is 44.2 Å². The highest BCUT2D eigenvalue weighted by molar-refractivity contribution is 5.76. The molecule has 164 valence electrons. The first kappa shape index (κ1) is 20.3. The maximum atomic E-state index is 12.8. The van der Waals surface area contributed by atoms with Crippen LogP contribution in [-0.2, 0) is 14.3 Å². The Morgan fingerprint density at radius 1 is 1.13 bits per heavy atom. The molecule has 1 aromatic rings. The summed E-state index contributed by atoms with van der Waals surface area (Å²) in [5.74, 6) is 2.14. The van der Waals surface area contributed by atoms with Gasteiger partial charge in [-0.05, 0) is 63.4 Å². The largest absolute Gasteiger partial charge is 0.487 e. The van der Waals surface area contributed by atoms with Crippen molar-refractivity contribution in [2.45, 2.75) is 64.1 Å². The van der Waals surface area contributed by atoms with Gasteiger partial charge < -0.3 is 19.1 Å². The molecule has 1 amide bonds. The van der Waals surface area contributed by atoms with Crippen molar-refractivity contribution in [3.8, 4) is 5.75 Å². The molecule has 3 fully saturated rings. The van der Waals surface area contributed by atoms with E-state index in [1.807, 2.05) is 6.07 Å². The molecule has 0 radical (unpaired) electrons. The Kier molecular flexibility index (Phi) is 5.30. The van der Waals surface area contributed by atoms with Crippen LogP contribution >= 0.6 is 0 Å². The Labute approximate surface area is 180 Å². The number of rotatable bonds is 2. The van der Waals surface area contributed by atoms with E-state index >= 15 is 0 Å². The van der Waals surface area contributed by atoms with E-state index in [1.54, 1.807) is 0 Å². The summed E-state index contributed by atoms with van der Waals surface area (Å²) in [5, 5.41) is 0. The minimum absolute atomic E-state index is 0.115. The highest BCUT2D eigenvalue weighted by Gasteiger charge is 2.52. The predicted octanol–water partition coefficient (Wildman–Crippen LogP) is 4.36. The summed E-state index contributed by atoms with van der Waals surface area (Å²) < 4.78 is 18.4. The van der Waals surface area contributed by atoms with Crippen molar-refractivity contribution in [1.82, 2.24) is 4.90 Å². The van der Waals surface area contributed by atoms with Crippen molar-refractivity contribution in [3.63, 3.8) is 0 Å². The van der Waals surface area contributed by atoms with Crippen molar-refractivity contribution in [2.75, 3.05) is 32.9 Å². The van der Waals surface area contributed by atoms with Crippen LogP contribution in [0, 0.1) is 17.3 Å². The molecule has 1 spiro atoms. The van der Waals surface area contributed by atoms with Crippen LogP contribution < -0.4 is 4.74 Å².